The summed E-state index contributed by atoms with van der Waals surface area (Å²) in [7, 11) is 0. The minimum Gasteiger partial charge on any atom is -0.493 e. The predicted octanol–water partition coefficient (Wildman–Crippen LogP) is 2.47. The lowest BCUT2D eigenvalue weighted by Crippen LogP contribution is -2.21. The molecule has 0 aliphatic carbocycles. The number of hydrogen-bond acceptors (Lipinski definition) is 4. The summed E-state index contributed by atoms with van der Waals surface area (Å²) in [5.41, 5.74) is 1.47. The molecular formula is C18H17NO4. The summed E-state index contributed by atoms with van der Waals surface area (Å²) >= 11 is 0. The molecule has 5 heteroatoms. The first-order chi connectivity index (χ1) is 11.2. The number of carbonyl (C=O) groups excluding carboxylic acids is 1. The van der Waals surface area contributed by atoms with Gasteiger partial charge in [-0.3, -0.25) is 4.79 Å². The molecular weight excluding hydrogens is 294 g/mol. The maximum absolute atomic E-state index is 12.7. The van der Waals surface area contributed by atoms with E-state index in [-0.39, 0.29) is 17.6 Å². The summed E-state index contributed by atoms with van der Waals surface area (Å²) < 4.78 is 12.4. The molecule has 2 heterocycles. The Balaban J connectivity index is 2.23. The molecule has 1 aromatic carbocycles. The van der Waals surface area contributed by atoms with Crippen LogP contribution in [0.1, 0.15) is 15.9 Å². The number of pyridine rings is 1. The minimum atomic E-state index is -0.656. The third-order valence-corrected chi connectivity index (χ3v) is 3.77. The van der Waals surface area contributed by atoms with Crippen LogP contribution in [0.4, 0.5) is 0 Å². The molecule has 0 fully saturated rings. The molecule has 0 N–H and O–H groups in total. The predicted molar refractivity (Wildman–Crippen MR) is 88.1 cm³/mol. The van der Waals surface area contributed by atoms with Gasteiger partial charge < -0.3 is 14.0 Å². The fourth-order valence-corrected chi connectivity index (χ4v) is 2.71. The second kappa shape index (κ2) is 6.12. The largest absolute Gasteiger partial charge is 0.493 e. The van der Waals surface area contributed by atoms with E-state index < -0.39 is 5.97 Å². The van der Waals surface area contributed by atoms with Crippen LogP contribution in [0.25, 0.3) is 10.9 Å². The number of hydrogen-bond donors (Lipinski definition) is 0. The van der Waals surface area contributed by atoms with Gasteiger partial charge >= 0.3 is 5.97 Å². The maximum Gasteiger partial charge on any atom is 0.343 e. The summed E-state index contributed by atoms with van der Waals surface area (Å²) in [5, 5.41) is 0.445. The molecule has 118 valence electrons. The fourth-order valence-electron chi connectivity index (χ4n) is 2.71. The van der Waals surface area contributed by atoms with Gasteiger partial charge in [0.05, 0.1) is 17.5 Å². The van der Waals surface area contributed by atoms with Crippen LogP contribution >= 0.6 is 0 Å². The van der Waals surface area contributed by atoms with E-state index in [9.17, 15) is 9.59 Å². The SMILES string of the molecule is C=CCOC(=O)c1cn(CC=C)c2cc3c(cc2c1=O)OCC3. The summed E-state index contributed by atoms with van der Waals surface area (Å²) in [6, 6.07) is 3.66. The number of aromatic nitrogens is 1. The zero-order valence-corrected chi connectivity index (χ0v) is 12.7. The average Bonchev–Trinajstić information content (AvgIpc) is 3.01. The van der Waals surface area contributed by atoms with Crippen LogP contribution in [0.5, 0.6) is 5.75 Å². The fraction of sp³-hybridized carbons (Fsp3) is 0.222. The Bertz CT molecular complexity index is 863. The van der Waals surface area contributed by atoms with Crippen LogP contribution in [0.15, 0.2) is 48.4 Å². The number of fused-ring (bicyclic) bond motifs is 2. The number of benzene rings is 1. The van der Waals surface area contributed by atoms with Gasteiger partial charge in [0, 0.05) is 19.2 Å². The maximum atomic E-state index is 12.7. The first kappa shape index (κ1) is 15.1. The second-order valence-corrected chi connectivity index (χ2v) is 5.28. The zero-order chi connectivity index (χ0) is 16.4. The van der Waals surface area contributed by atoms with Crippen molar-refractivity contribution in [2.45, 2.75) is 13.0 Å². The first-order valence-electron chi connectivity index (χ1n) is 7.37. The van der Waals surface area contributed by atoms with Crippen molar-refractivity contribution in [2.24, 2.45) is 0 Å². The molecule has 1 aliphatic rings. The number of esters is 1. The van der Waals surface area contributed by atoms with Crippen LogP contribution in [0.2, 0.25) is 0 Å². The van der Waals surface area contributed by atoms with Crippen molar-refractivity contribution >= 4 is 16.9 Å². The van der Waals surface area contributed by atoms with Gasteiger partial charge in [-0.05, 0) is 17.7 Å². The average molecular weight is 311 g/mol. The molecule has 0 atom stereocenters. The Hall–Kier alpha value is -2.82. The van der Waals surface area contributed by atoms with E-state index in [2.05, 4.69) is 13.2 Å². The van der Waals surface area contributed by atoms with Gasteiger partial charge in [-0.15, -0.1) is 6.58 Å². The van der Waals surface area contributed by atoms with E-state index in [0.29, 0.717) is 24.3 Å². The standard InChI is InChI=1S/C18H17NO4/c1-3-6-19-11-14(18(21)23-7-4-2)17(20)13-10-16-12(5-8-22-16)9-15(13)19/h3-4,9-11H,1-2,5-8H2. The van der Waals surface area contributed by atoms with Crippen molar-refractivity contribution < 1.29 is 14.3 Å². The number of allylic oxidation sites excluding steroid dienone is 1. The van der Waals surface area contributed by atoms with E-state index in [0.717, 1.165) is 17.5 Å². The molecule has 23 heavy (non-hydrogen) atoms. The van der Waals surface area contributed by atoms with E-state index in [1.807, 2.05) is 10.6 Å². The van der Waals surface area contributed by atoms with Crippen molar-refractivity contribution in [1.82, 2.24) is 4.57 Å². The van der Waals surface area contributed by atoms with E-state index in [4.69, 9.17) is 9.47 Å². The molecule has 0 bridgehead atoms. The van der Waals surface area contributed by atoms with Crippen molar-refractivity contribution in [3.05, 3.63) is 65.0 Å². The Kier molecular flexibility index (Phi) is 4.02. The lowest BCUT2D eigenvalue weighted by Gasteiger charge is -2.12. The molecule has 0 spiro atoms. The van der Waals surface area contributed by atoms with Gasteiger partial charge in [-0.1, -0.05) is 18.7 Å². The van der Waals surface area contributed by atoms with E-state index in [1.165, 1.54) is 12.3 Å². The first-order valence-corrected chi connectivity index (χ1v) is 7.37. The van der Waals surface area contributed by atoms with Crippen molar-refractivity contribution in [3.63, 3.8) is 0 Å². The summed E-state index contributed by atoms with van der Waals surface area (Å²) in [6.07, 6.45) is 5.52. The topological polar surface area (TPSA) is 57.5 Å². The summed E-state index contributed by atoms with van der Waals surface area (Å²) in [5.74, 6) is 0.0485. The Morgan fingerprint density at radius 3 is 2.91 bits per heavy atom. The van der Waals surface area contributed by atoms with Gasteiger partial charge in [-0.2, -0.15) is 0 Å². The quantitative estimate of drug-likeness (QED) is 0.629. The Labute approximate surface area is 133 Å². The summed E-state index contributed by atoms with van der Waals surface area (Å²) in [6.45, 7) is 8.37. The molecule has 0 unspecified atom stereocenters. The molecule has 0 amide bonds. The number of ether oxygens (including phenoxy) is 2. The Morgan fingerprint density at radius 2 is 2.17 bits per heavy atom. The zero-order valence-electron chi connectivity index (χ0n) is 12.7. The molecule has 0 saturated carbocycles. The summed E-state index contributed by atoms with van der Waals surface area (Å²) in [4.78, 5) is 24.8. The third-order valence-electron chi connectivity index (χ3n) is 3.77. The highest BCUT2D eigenvalue weighted by molar-refractivity contribution is 5.94. The molecule has 2 aromatic rings. The molecule has 1 aromatic heterocycles. The van der Waals surface area contributed by atoms with Crippen LogP contribution < -0.4 is 10.2 Å². The normalized spacial score (nSPS) is 12.5. The third kappa shape index (κ3) is 2.65. The number of nitrogens with zero attached hydrogens (tertiary/aromatic N) is 1. The minimum absolute atomic E-state index is 0.000790. The number of rotatable bonds is 5. The smallest absolute Gasteiger partial charge is 0.343 e. The van der Waals surface area contributed by atoms with Crippen LogP contribution in [-0.4, -0.2) is 23.8 Å². The molecule has 5 nitrogen and oxygen atoms in total. The van der Waals surface area contributed by atoms with Crippen LogP contribution in [-0.2, 0) is 17.7 Å². The van der Waals surface area contributed by atoms with Gasteiger partial charge in [0.25, 0.3) is 0 Å². The molecule has 0 radical (unpaired) electrons. The lowest BCUT2D eigenvalue weighted by atomic mass is 10.1. The van der Waals surface area contributed by atoms with Crippen molar-refractivity contribution in [2.75, 3.05) is 13.2 Å². The van der Waals surface area contributed by atoms with Gasteiger partial charge in [0.1, 0.15) is 17.9 Å². The molecule has 3 rings (SSSR count). The highest BCUT2D eigenvalue weighted by Gasteiger charge is 2.20. The van der Waals surface area contributed by atoms with Crippen molar-refractivity contribution in [3.8, 4) is 5.75 Å². The van der Waals surface area contributed by atoms with Gasteiger partial charge in [-0.25, -0.2) is 4.79 Å². The molecule has 1 aliphatic heterocycles. The van der Waals surface area contributed by atoms with Crippen LogP contribution in [0.3, 0.4) is 0 Å². The second-order valence-electron chi connectivity index (χ2n) is 5.28. The van der Waals surface area contributed by atoms with Gasteiger partial charge in [0.2, 0.25) is 5.43 Å². The van der Waals surface area contributed by atoms with E-state index >= 15 is 0 Å². The molecule has 0 saturated heterocycles. The number of carbonyl (C=O) groups is 1. The van der Waals surface area contributed by atoms with E-state index in [1.54, 1.807) is 12.1 Å². The highest BCUT2D eigenvalue weighted by Crippen LogP contribution is 2.29. The van der Waals surface area contributed by atoms with Crippen LogP contribution in [0, 0.1) is 0 Å². The lowest BCUT2D eigenvalue weighted by molar-refractivity contribution is 0.0547. The monoisotopic (exact) mass is 311 g/mol. The van der Waals surface area contributed by atoms with Crippen molar-refractivity contribution in [1.29, 1.82) is 0 Å². The Morgan fingerprint density at radius 1 is 1.35 bits per heavy atom. The van der Waals surface area contributed by atoms with Gasteiger partial charge in [0.15, 0.2) is 0 Å². The highest BCUT2D eigenvalue weighted by atomic mass is 16.5.